The maximum absolute atomic E-state index is 8.56. The molecule has 6 heterocycles. The first-order valence-corrected chi connectivity index (χ1v) is 53.2. The van der Waals surface area contributed by atoms with Gasteiger partial charge in [-0.2, -0.15) is 111 Å². The van der Waals surface area contributed by atoms with Gasteiger partial charge in [0.25, 0.3) is 0 Å². The van der Waals surface area contributed by atoms with Gasteiger partial charge < -0.3 is 75.0 Å². The van der Waals surface area contributed by atoms with Crippen molar-refractivity contribution >= 4 is 49.4 Å². The number of hydrogen-bond acceptors (Lipinski definition) is 15. The Balaban J connectivity index is 0.000000178. The second kappa shape index (κ2) is 57.4. The van der Waals surface area contributed by atoms with Gasteiger partial charge in [0, 0.05) is 18.6 Å². The number of aliphatic hydroxyl groups is 6. The van der Waals surface area contributed by atoms with Crippen molar-refractivity contribution in [3.8, 4) is 33.8 Å². The van der Waals surface area contributed by atoms with Crippen LogP contribution in [0.4, 0.5) is 17.1 Å². The van der Waals surface area contributed by atoms with Crippen LogP contribution in [0.25, 0.3) is 66.1 Å². The number of para-hydroxylation sites is 3. The van der Waals surface area contributed by atoms with Gasteiger partial charge in [-0.1, -0.05) is 115 Å². The smallest absolute Gasteiger partial charge is 0.510 e. The summed E-state index contributed by atoms with van der Waals surface area (Å²) in [5.74, 6) is 2.10. The van der Waals surface area contributed by atoms with E-state index in [1.165, 1.54) is 203 Å². The van der Waals surface area contributed by atoms with Gasteiger partial charge in [-0.05, 0) is 389 Å². The monoisotopic (exact) mass is 2510 g/mol. The number of pyridine rings is 3. The average Bonchev–Trinajstić information content (AvgIpc) is 1.47. The Hall–Kier alpha value is -9.06. The fourth-order valence-corrected chi connectivity index (χ4v) is 23.8. The fraction of sp³-hybridized carbons (Fsp3) is 0.442. The number of aromatic nitrogens is 3. The molecule has 0 amide bonds. The summed E-state index contributed by atoms with van der Waals surface area (Å²) < 4.78 is 0. The summed E-state index contributed by atoms with van der Waals surface area (Å²) in [7, 11) is 6.00. The molecule has 0 bridgehead atoms. The Morgan fingerprint density at radius 3 is 0.816 bits per heavy atom. The van der Waals surface area contributed by atoms with Crippen molar-refractivity contribution in [2.45, 2.75) is 311 Å². The summed E-state index contributed by atoms with van der Waals surface area (Å²) in [6.45, 7) is 30.9. The molecule has 6 fully saturated rings. The Labute approximate surface area is 922 Å². The number of fused-ring (bicyclic) bond motifs is 3. The van der Waals surface area contributed by atoms with Gasteiger partial charge in [-0.15, -0.1) is 125 Å². The van der Waals surface area contributed by atoms with Crippen LogP contribution in [0.3, 0.4) is 0 Å². The molecule has 21 rings (SSSR count). The van der Waals surface area contributed by atoms with Crippen molar-refractivity contribution in [3.05, 3.63) is 347 Å². The predicted molar refractivity (Wildman–Crippen MR) is 597 cm³/mol. The molecule has 3 spiro atoms. The topological polar surface area (TPSA) is 179 Å². The molecule has 12 aromatic rings. The first kappa shape index (κ1) is 120. The zero-order valence-corrected chi connectivity index (χ0v) is 96.9. The minimum atomic E-state index is -0.375. The average molecular weight is 2510 g/mol. The number of rotatable bonds is 15. The van der Waals surface area contributed by atoms with E-state index in [-0.39, 0.29) is 96.9 Å². The second-order valence-electron chi connectivity index (χ2n) is 45.2. The number of aliphatic hydroxyl groups excluding tert-OH is 6. The van der Waals surface area contributed by atoms with Crippen molar-refractivity contribution in [3.63, 3.8) is 0 Å². The summed E-state index contributed by atoms with van der Waals surface area (Å²) in [6.07, 6.45) is 50.7. The molecule has 18 heteroatoms. The molecule has 6 saturated carbocycles. The fourth-order valence-electron chi connectivity index (χ4n) is 23.8. The quantitative estimate of drug-likeness (QED) is 0.0534. The van der Waals surface area contributed by atoms with Crippen molar-refractivity contribution < 1.29 is 91.0 Å². The molecule has 6 N–H and O–H groups in total. The Kier molecular flexibility index (Phi) is 46.8. The van der Waals surface area contributed by atoms with Gasteiger partial charge >= 0.3 is 60.3 Å². The van der Waals surface area contributed by atoms with Gasteiger partial charge in [0.05, 0.1) is 36.6 Å². The van der Waals surface area contributed by atoms with E-state index in [9.17, 15) is 0 Å². The molecule has 786 valence electrons. The van der Waals surface area contributed by atoms with Gasteiger partial charge in [0.15, 0.2) is 0 Å². The second-order valence-corrected chi connectivity index (χ2v) is 45.2. The van der Waals surface area contributed by atoms with E-state index in [2.05, 4.69) is 187 Å². The van der Waals surface area contributed by atoms with E-state index in [4.69, 9.17) is 45.6 Å². The van der Waals surface area contributed by atoms with Crippen molar-refractivity contribution in [1.82, 2.24) is 29.7 Å². The summed E-state index contributed by atoms with van der Waals surface area (Å²) in [5.41, 5.74) is 17.6. The Morgan fingerprint density at radius 1 is 0.299 bits per heavy atom. The van der Waals surface area contributed by atoms with Crippen LogP contribution < -0.4 is 14.7 Å². The Morgan fingerprint density at radius 2 is 0.571 bits per heavy atom. The molecular formula is C129H162Ir3N9O6. The van der Waals surface area contributed by atoms with Crippen LogP contribution in [-0.2, 0) is 60.3 Å². The first-order valence-electron chi connectivity index (χ1n) is 53.2. The molecule has 0 radical (unpaired) electrons. The van der Waals surface area contributed by atoms with Crippen LogP contribution >= 0.6 is 0 Å². The maximum atomic E-state index is 8.56. The van der Waals surface area contributed by atoms with Crippen molar-refractivity contribution in [2.24, 2.45) is 32.5 Å². The SMILES string of the molecule is CC(O)CC(C)O.CC(O)CC(C)O.CC(O)CC(C)O.CC1(C)CC(C)(C)CC2(CCC(c3ccc4ccnc(-c5[c-]cccc5)c4c3)CC2)C1.CC1(C)CCC2(CCC(c3ccc4ccnc(-c5[c-]cccc5)c4c3)CC2)CC1.CN1C=CN(c2[c-]cccc2)[CH-]1.CN1C=CN(c2[c-]cccc2)[CH-]1.CN1C=CN(c2[c-]cccc2)[CH-]1.[Ir+3].[Ir+3].[Ir+3].[c-]1ccccc1-c1nccc2ccc(C3CCC4(CCCCC4)CC3)cc12. The molecule has 9 aromatic carbocycles. The molecule has 15 nitrogen and oxygen atoms in total. The minimum Gasteiger partial charge on any atom is -0.510 e. The van der Waals surface area contributed by atoms with Gasteiger partial charge in [0.2, 0.25) is 0 Å². The van der Waals surface area contributed by atoms with Gasteiger partial charge in [-0.25, -0.2) is 0 Å². The molecule has 0 saturated heterocycles. The molecule has 6 unspecified atom stereocenters. The molecule has 9 aliphatic rings. The molecule has 147 heavy (non-hydrogen) atoms. The van der Waals surface area contributed by atoms with Crippen molar-refractivity contribution in [2.75, 3.05) is 35.8 Å². The van der Waals surface area contributed by atoms with E-state index in [1.54, 1.807) is 41.5 Å². The summed E-state index contributed by atoms with van der Waals surface area (Å²) in [5, 5.41) is 59.0. The molecular weight excluding hydrogens is 2350 g/mol. The molecule has 3 aliphatic heterocycles. The van der Waals surface area contributed by atoms with Gasteiger partial charge in [-0.3, -0.25) is 0 Å². The summed E-state index contributed by atoms with van der Waals surface area (Å²) in [6, 6.07) is 95.5. The number of nitrogens with zero attached hydrogens (tertiary/aromatic N) is 9. The zero-order chi connectivity index (χ0) is 102. The first-order chi connectivity index (χ1) is 69.1. The van der Waals surface area contributed by atoms with Crippen LogP contribution in [0.15, 0.2) is 274 Å². The maximum Gasteiger partial charge on any atom is 3.00 e. The summed E-state index contributed by atoms with van der Waals surface area (Å²) in [4.78, 5) is 26.2. The minimum absolute atomic E-state index is 0. The third-order valence-electron chi connectivity index (χ3n) is 30.3. The van der Waals surface area contributed by atoms with Crippen LogP contribution in [-0.4, -0.2) is 118 Å². The van der Waals surface area contributed by atoms with E-state index >= 15 is 0 Å². The van der Waals surface area contributed by atoms with E-state index in [0.717, 1.165) is 56.8 Å². The Bertz CT molecular complexity index is 5710. The van der Waals surface area contributed by atoms with E-state index in [0.29, 0.717) is 63.6 Å². The van der Waals surface area contributed by atoms with Crippen LogP contribution in [0.1, 0.15) is 291 Å². The molecule has 6 aliphatic carbocycles. The zero-order valence-electron chi connectivity index (χ0n) is 89.7. The number of anilines is 3. The third-order valence-corrected chi connectivity index (χ3v) is 30.3. The number of benzene rings is 9. The van der Waals surface area contributed by atoms with Crippen molar-refractivity contribution in [1.29, 1.82) is 0 Å². The molecule has 6 atom stereocenters. The summed E-state index contributed by atoms with van der Waals surface area (Å²) >= 11 is 0. The number of hydrogen-bond donors (Lipinski definition) is 6. The molecule has 3 aromatic heterocycles. The van der Waals surface area contributed by atoms with Gasteiger partial charge in [0.1, 0.15) is 0 Å². The third kappa shape index (κ3) is 36.6. The largest absolute Gasteiger partial charge is 3.00 e. The predicted octanol–water partition coefficient (Wildman–Crippen LogP) is 29.7. The normalized spacial score (nSPS) is 19.2. The van der Waals surface area contributed by atoms with Crippen LogP contribution in [0.2, 0.25) is 0 Å². The van der Waals surface area contributed by atoms with Crippen LogP contribution in [0.5, 0.6) is 0 Å². The van der Waals surface area contributed by atoms with Crippen LogP contribution in [0, 0.1) is 88.9 Å². The van der Waals surface area contributed by atoms with E-state index < -0.39 is 0 Å². The van der Waals surface area contributed by atoms with E-state index in [1.807, 2.05) is 236 Å². The standard InChI is InChI=1S/C30H36N.C28H32N.C26H28N.3C10H10N2.3C5H12O2.3Ir/c1-28(2)19-29(3,4)21-30(20-28)15-12-22(13-16-30)25-11-10-23-14-17-31-27(26(23)18-25)24-8-6-5-7-9-24;1-27(2)15-17-28(18-16-27)13-10-21(11-14-28)24-9-8-22-12-19-29-26(25(22)20-24)23-6-4-3-5-7-23;1-3-7-22(8-4-1)25-24-19-23(10-9-21(24)13-18-27-25)20-11-16-26(17-12-20)14-5-2-6-15-26;3*1-11-7-8-12(9-11)10-5-3-2-4-6-10;3*1-4(6)3-5(2)7;;;/h5-8,10-11,14,17-18,22H,12-13,15-16,19-21H2,1-4H3;3-6,8-9,12,19-21H,10-11,13-18H2,1-2H3;1,3-4,7,9-10,13,18-20H,2,5-6,11-12,14-17H2;3*2-5,7-9H,1H3;3*4-7H,3H2,1-2H3;;;/q3*-1;3*-2;;;;3*+3.